The van der Waals surface area contributed by atoms with Gasteiger partial charge in [-0.3, -0.25) is 4.90 Å². The van der Waals surface area contributed by atoms with E-state index in [0.717, 1.165) is 6.54 Å². The largest absolute Gasteiger partial charge is 0.381 e. The highest BCUT2D eigenvalue weighted by molar-refractivity contribution is 4.97. The van der Waals surface area contributed by atoms with Crippen molar-refractivity contribution in [2.45, 2.75) is 19.4 Å². The third-order valence-electron chi connectivity index (χ3n) is 1.50. The van der Waals surface area contributed by atoms with Crippen molar-refractivity contribution >= 4 is 0 Å². The fourth-order valence-electron chi connectivity index (χ4n) is 0.673. The quantitative estimate of drug-likeness (QED) is 0.471. The van der Waals surface area contributed by atoms with Crippen LogP contribution in [0.1, 0.15) is 13.8 Å². The molecule has 1 atom stereocenters. The molecule has 1 unspecified atom stereocenters. The first kappa shape index (κ1) is 5.06. The van der Waals surface area contributed by atoms with Crippen LogP contribution in [0.3, 0.4) is 0 Å². The predicted molar refractivity (Wildman–Crippen MR) is 27.9 cm³/mol. The van der Waals surface area contributed by atoms with Crippen LogP contribution in [-0.4, -0.2) is 28.8 Å². The van der Waals surface area contributed by atoms with Crippen LogP contribution in [0.2, 0.25) is 0 Å². The summed E-state index contributed by atoms with van der Waals surface area (Å²) in [6.07, 6.45) is 0. The molecule has 2 heteroatoms. The summed E-state index contributed by atoms with van der Waals surface area (Å²) in [6.45, 7) is 5.49. The second-order valence-electron chi connectivity index (χ2n) is 2.65. The summed E-state index contributed by atoms with van der Waals surface area (Å²) in [5.41, 5.74) is 0.300. The van der Waals surface area contributed by atoms with Gasteiger partial charge in [0.05, 0.1) is 6.73 Å². The van der Waals surface area contributed by atoms with Gasteiger partial charge in [0.1, 0.15) is 0 Å². The Morgan fingerprint density at radius 3 is 2.14 bits per heavy atom. The molecule has 1 N–H and O–H groups in total. The van der Waals surface area contributed by atoms with Gasteiger partial charge in [0.15, 0.2) is 0 Å². The zero-order valence-electron chi connectivity index (χ0n) is 4.81. The van der Waals surface area contributed by atoms with Gasteiger partial charge >= 0.3 is 0 Å². The van der Waals surface area contributed by atoms with E-state index in [-0.39, 0.29) is 6.73 Å². The van der Waals surface area contributed by atoms with Crippen molar-refractivity contribution in [2.24, 2.45) is 0 Å². The number of rotatable bonds is 1. The van der Waals surface area contributed by atoms with Crippen molar-refractivity contribution in [3.8, 4) is 0 Å². The lowest BCUT2D eigenvalue weighted by molar-refractivity contribution is 0.181. The molecular weight excluding hydrogens is 90.1 g/mol. The molecule has 0 saturated carbocycles. The molecular formula is C5H11NO. The SMILES string of the molecule is CC1(C)CN1CO. The van der Waals surface area contributed by atoms with Crippen molar-refractivity contribution in [3.63, 3.8) is 0 Å². The van der Waals surface area contributed by atoms with E-state index in [4.69, 9.17) is 5.11 Å². The lowest BCUT2D eigenvalue weighted by Gasteiger charge is -1.98. The molecule has 7 heavy (non-hydrogen) atoms. The molecule has 1 saturated heterocycles. The first-order valence-electron chi connectivity index (χ1n) is 2.53. The zero-order valence-corrected chi connectivity index (χ0v) is 4.81. The summed E-state index contributed by atoms with van der Waals surface area (Å²) in [7, 11) is 0. The van der Waals surface area contributed by atoms with Crippen LogP contribution < -0.4 is 0 Å². The molecule has 42 valence electrons. The van der Waals surface area contributed by atoms with E-state index < -0.39 is 0 Å². The molecule has 0 spiro atoms. The smallest absolute Gasteiger partial charge is 0.0961 e. The first-order valence-corrected chi connectivity index (χ1v) is 2.53. The molecule has 1 heterocycles. The molecule has 1 fully saturated rings. The Labute approximate surface area is 43.7 Å². The van der Waals surface area contributed by atoms with Crippen LogP contribution in [0, 0.1) is 0 Å². The third-order valence-corrected chi connectivity index (χ3v) is 1.50. The Hall–Kier alpha value is -0.0800. The number of hydrogen-bond donors (Lipinski definition) is 1. The Morgan fingerprint density at radius 2 is 2.14 bits per heavy atom. The fraction of sp³-hybridized carbons (Fsp3) is 1.00. The summed E-state index contributed by atoms with van der Waals surface area (Å²) in [4.78, 5) is 1.99. The molecule has 0 aromatic rings. The maximum absolute atomic E-state index is 8.47. The molecule has 0 amide bonds. The first-order chi connectivity index (χ1) is 3.17. The number of hydrogen-bond acceptors (Lipinski definition) is 2. The fourth-order valence-corrected chi connectivity index (χ4v) is 0.673. The molecule has 0 radical (unpaired) electrons. The van der Waals surface area contributed by atoms with Gasteiger partial charge in [-0.1, -0.05) is 0 Å². The second-order valence-corrected chi connectivity index (χ2v) is 2.65. The van der Waals surface area contributed by atoms with Crippen LogP contribution in [0.25, 0.3) is 0 Å². The van der Waals surface area contributed by atoms with E-state index in [0.29, 0.717) is 5.54 Å². The van der Waals surface area contributed by atoms with Crippen LogP contribution in [0.4, 0.5) is 0 Å². The molecule has 0 aromatic heterocycles. The van der Waals surface area contributed by atoms with Crippen LogP contribution in [0.15, 0.2) is 0 Å². The van der Waals surface area contributed by atoms with E-state index in [1.54, 1.807) is 0 Å². The van der Waals surface area contributed by atoms with Gasteiger partial charge in [0, 0.05) is 12.1 Å². The topological polar surface area (TPSA) is 23.2 Å². The predicted octanol–water partition coefficient (Wildman–Crippen LogP) is 0.0304. The van der Waals surface area contributed by atoms with Gasteiger partial charge in [0.25, 0.3) is 0 Å². The van der Waals surface area contributed by atoms with Crippen molar-refractivity contribution in [1.82, 2.24) is 4.90 Å². The van der Waals surface area contributed by atoms with E-state index in [1.807, 2.05) is 4.90 Å². The molecule has 1 aliphatic rings. The average molecular weight is 101 g/mol. The van der Waals surface area contributed by atoms with Gasteiger partial charge in [-0.25, -0.2) is 0 Å². The number of aliphatic hydroxyl groups is 1. The Morgan fingerprint density at radius 1 is 1.71 bits per heavy atom. The van der Waals surface area contributed by atoms with Crippen LogP contribution in [0.5, 0.6) is 0 Å². The van der Waals surface area contributed by atoms with Crippen LogP contribution in [-0.2, 0) is 0 Å². The highest BCUT2D eigenvalue weighted by Crippen LogP contribution is 2.28. The maximum atomic E-state index is 8.47. The van der Waals surface area contributed by atoms with Gasteiger partial charge in [0.2, 0.25) is 0 Å². The minimum Gasteiger partial charge on any atom is -0.381 e. The molecule has 0 aromatic carbocycles. The molecule has 1 rings (SSSR count). The number of nitrogens with zero attached hydrogens (tertiary/aromatic N) is 1. The van der Waals surface area contributed by atoms with E-state index in [2.05, 4.69) is 13.8 Å². The average Bonchev–Trinajstić information content (AvgIpc) is 2.13. The lowest BCUT2D eigenvalue weighted by atomic mass is 10.2. The van der Waals surface area contributed by atoms with Gasteiger partial charge in [-0.15, -0.1) is 0 Å². The Kier molecular flexibility index (Phi) is 0.869. The minimum absolute atomic E-state index is 0.215. The van der Waals surface area contributed by atoms with Crippen molar-refractivity contribution in [2.75, 3.05) is 13.3 Å². The van der Waals surface area contributed by atoms with Gasteiger partial charge < -0.3 is 5.11 Å². The normalized spacial score (nSPS) is 35.6. The Balaban J connectivity index is 2.30. The monoisotopic (exact) mass is 101 g/mol. The van der Waals surface area contributed by atoms with E-state index >= 15 is 0 Å². The van der Waals surface area contributed by atoms with Gasteiger partial charge in [-0.05, 0) is 13.8 Å². The zero-order chi connectivity index (χ0) is 5.49. The van der Waals surface area contributed by atoms with Crippen molar-refractivity contribution in [1.29, 1.82) is 0 Å². The van der Waals surface area contributed by atoms with Gasteiger partial charge in [-0.2, -0.15) is 0 Å². The third kappa shape index (κ3) is 0.763. The van der Waals surface area contributed by atoms with Crippen LogP contribution >= 0.6 is 0 Å². The highest BCUT2D eigenvalue weighted by Gasteiger charge is 2.41. The van der Waals surface area contributed by atoms with E-state index in [1.165, 1.54) is 0 Å². The summed E-state index contributed by atoms with van der Waals surface area (Å²) in [5, 5.41) is 8.47. The highest BCUT2D eigenvalue weighted by atomic mass is 16.3. The maximum Gasteiger partial charge on any atom is 0.0961 e. The molecule has 0 bridgehead atoms. The van der Waals surface area contributed by atoms with E-state index in [9.17, 15) is 0 Å². The van der Waals surface area contributed by atoms with Crippen molar-refractivity contribution in [3.05, 3.63) is 0 Å². The molecule has 1 aliphatic heterocycles. The lowest BCUT2D eigenvalue weighted by Crippen LogP contribution is -2.09. The standard InChI is InChI=1S/C5H11NO/c1-5(2)3-6(5)4-7/h7H,3-4H2,1-2H3. The second kappa shape index (κ2) is 1.20. The molecule has 2 nitrogen and oxygen atoms in total. The summed E-state index contributed by atoms with van der Waals surface area (Å²) < 4.78 is 0. The summed E-state index contributed by atoms with van der Waals surface area (Å²) in [5.74, 6) is 0. The summed E-state index contributed by atoms with van der Waals surface area (Å²) in [6, 6.07) is 0. The molecule has 0 aliphatic carbocycles. The number of aliphatic hydroxyl groups excluding tert-OH is 1. The summed E-state index contributed by atoms with van der Waals surface area (Å²) >= 11 is 0. The van der Waals surface area contributed by atoms with Crippen molar-refractivity contribution < 1.29 is 5.11 Å². The Bertz CT molecular complexity index is 80.1. The minimum atomic E-state index is 0.215.